The highest BCUT2D eigenvalue weighted by molar-refractivity contribution is 5.85. The summed E-state index contributed by atoms with van der Waals surface area (Å²) in [4.78, 5) is 0. The molecule has 3 aromatic rings. The summed E-state index contributed by atoms with van der Waals surface area (Å²) in [6.07, 6.45) is 10.3. The van der Waals surface area contributed by atoms with E-state index in [1.54, 1.807) is 5.56 Å². The summed E-state index contributed by atoms with van der Waals surface area (Å²) < 4.78 is 2.36. The molecule has 2 aromatic carbocycles. The Morgan fingerprint density at radius 2 is 1.59 bits per heavy atom. The first kappa shape index (κ1) is 18.6. The van der Waals surface area contributed by atoms with Crippen LogP contribution >= 0.6 is 0 Å². The van der Waals surface area contributed by atoms with Gasteiger partial charge in [0.05, 0.1) is 5.56 Å². The zero-order chi connectivity index (χ0) is 20.1. The molecular weight excluding hydrogens is 350 g/mol. The largest absolute Gasteiger partial charge is 0.213 e. The van der Waals surface area contributed by atoms with Gasteiger partial charge in [0, 0.05) is 11.6 Å². The maximum Gasteiger partial charge on any atom is 0.213 e. The van der Waals surface area contributed by atoms with Crippen LogP contribution in [0.3, 0.4) is 0 Å². The molecule has 1 fully saturated rings. The van der Waals surface area contributed by atoms with Crippen LogP contribution in [0.25, 0.3) is 22.4 Å². The Morgan fingerprint density at radius 1 is 0.828 bits per heavy atom. The van der Waals surface area contributed by atoms with E-state index in [0.29, 0.717) is 0 Å². The lowest BCUT2D eigenvalue weighted by Gasteiger charge is -2.23. The topological polar surface area (TPSA) is 3.88 Å². The van der Waals surface area contributed by atoms with Crippen LogP contribution < -0.4 is 4.57 Å². The molecule has 0 bridgehead atoms. The van der Waals surface area contributed by atoms with Crippen LogP contribution in [0.2, 0.25) is 0 Å². The van der Waals surface area contributed by atoms with Gasteiger partial charge in [-0.05, 0) is 79.3 Å². The van der Waals surface area contributed by atoms with Gasteiger partial charge in [-0.2, -0.15) is 0 Å². The second-order valence-electron chi connectivity index (χ2n) is 9.36. The Morgan fingerprint density at radius 3 is 2.38 bits per heavy atom. The minimum absolute atomic E-state index is 0.737. The number of aromatic nitrogens is 1. The van der Waals surface area contributed by atoms with Crippen molar-refractivity contribution in [2.45, 2.75) is 65.2 Å². The Kier molecular flexibility index (Phi) is 4.57. The van der Waals surface area contributed by atoms with Crippen LogP contribution in [0.4, 0.5) is 0 Å². The zero-order valence-corrected chi connectivity index (χ0v) is 18.3. The van der Waals surface area contributed by atoms with Crippen molar-refractivity contribution < 1.29 is 4.57 Å². The number of nitrogens with zero attached hydrogens (tertiary/aromatic N) is 1. The third kappa shape index (κ3) is 3.12. The van der Waals surface area contributed by atoms with E-state index in [0.717, 1.165) is 12.3 Å². The van der Waals surface area contributed by atoms with Crippen molar-refractivity contribution >= 4 is 0 Å². The second-order valence-corrected chi connectivity index (χ2v) is 9.36. The summed E-state index contributed by atoms with van der Waals surface area (Å²) in [5.41, 5.74) is 14.5. The lowest BCUT2D eigenvalue weighted by molar-refractivity contribution is -0.660. The van der Waals surface area contributed by atoms with Gasteiger partial charge < -0.3 is 0 Å². The van der Waals surface area contributed by atoms with Gasteiger partial charge >= 0.3 is 0 Å². The molecule has 0 N–H and O–H groups in total. The van der Waals surface area contributed by atoms with Crippen molar-refractivity contribution in [3.05, 3.63) is 76.0 Å². The Bertz CT molecular complexity index is 1100. The van der Waals surface area contributed by atoms with Crippen molar-refractivity contribution in [3.8, 4) is 22.4 Å². The van der Waals surface area contributed by atoms with Gasteiger partial charge in [0.15, 0.2) is 6.20 Å². The average molecular weight is 383 g/mol. The molecule has 5 rings (SSSR count). The summed E-state index contributed by atoms with van der Waals surface area (Å²) in [5.74, 6) is 0.737. The van der Waals surface area contributed by atoms with Crippen LogP contribution in [-0.4, -0.2) is 0 Å². The molecule has 148 valence electrons. The van der Waals surface area contributed by atoms with Crippen LogP contribution in [0, 0.1) is 20.8 Å². The van der Waals surface area contributed by atoms with Gasteiger partial charge in [0.2, 0.25) is 5.69 Å². The molecular formula is C28H32N+. The zero-order valence-electron chi connectivity index (χ0n) is 18.3. The van der Waals surface area contributed by atoms with Gasteiger partial charge in [0.25, 0.3) is 0 Å². The van der Waals surface area contributed by atoms with Crippen LogP contribution in [0.15, 0.2) is 42.6 Å². The predicted molar refractivity (Wildman–Crippen MR) is 121 cm³/mol. The van der Waals surface area contributed by atoms with E-state index >= 15 is 0 Å². The number of rotatable bonds is 2. The highest BCUT2D eigenvalue weighted by Gasteiger charge is 2.28. The average Bonchev–Trinajstić information content (AvgIpc) is 3.07. The summed E-state index contributed by atoms with van der Waals surface area (Å²) >= 11 is 0. The maximum atomic E-state index is 2.53. The van der Waals surface area contributed by atoms with Gasteiger partial charge in [-0.3, -0.25) is 0 Å². The Hall–Kier alpha value is -2.41. The molecule has 1 heteroatoms. The molecule has 1 aromatic heterocycles. The highest BCUT2D eigenvalue weighted by atomic mass is 14.9. The molecule has 0 amide bonds. The lowest BCUT2D eigenvalue weighted by atomic mass is 9.82. The predicted octanol–water partition coefficient (Wildman–Crippen LogP) is 6.72. The molecule has 0 spiro atoms. The lowest BCUT2D eigenvalue weighted by Crippen LogP contribution is -2.32. The number of benzene rings is 2. The first-order valence-corrected chi connectivity index (χ1v) is 11.3. The molecule has 2 aliphatic carbocycles. The standard InChI is InChI=1S/C28H32N/c1-18-10-12-23-22(14-18)15-26-24(23)13-11-19(2)28(26)27-16-25(20(3)17-29(27)4)21-8-6-5-7-9-21/h10-14,16-17,21H,5-9,15H2,1-4H3/q+1. The van der Waals surface area contributed by atoms with Crippen LogP contribution in [-0.2, 0) is 13.5 Å². The van der Waals surface area contributed by atoms with Crippen molar-refractivity contribution in [2.75, 3.05) is 0 Å². The van der Waals surface area contributed by atoms with Crippen molar-refractivity contribution in [2.24, 2.45) is 7.05 Å². The number of fused-ring (bicyclic) bond motifs is 3. The monoisotopic (exact) mass is 382 g/mol. The molecule has 1 saturated carbocycles. The molecule has 1 nitrogen and oxygen atoms in total. The van der Waals surface area contributed by atoms with Crippen molar-refractivity contribution in [3.63, 3.8) is 0 Å². The van der Waals surface area contributed by atoms with Gasteiger partial charge in [-0.25, -0.2) is 4.57 Å². The fourth-order valence-corrected chi connectivity index (χ4v) is 5.78. The van der Waals surface area contributed by atoms with E-state index in [1.807, 2.05) is 0 Å². The van der Waals surface area contributed by atoms with E-state index < -0.39 is 0 Å². The SMILES string of the molecule is Cc1ccc2c(c1)Cc1c-2ccc(C)c1-c1cc(C2CCCCC2)c(C)c[n+]1C. The molecule has 0 unspecified atom stereocenters. The van der Waals surface area contributed by atoms with E-state index in [2.05, 4.69) is 75.0 Å². The van der Waals surface area contributed by atoms with Gasteiger partial charge in [0.1, 0.15) is 7.05 Å². The van der Waals surface area contributed by atoms with Gasteiger partial charge in [-0.15, -0.1) is 0 Å². The molecule has 0 saturated heterocycles. The number of pyridine rings is 1. The number of aryl methyl sites for hydroxylation is 4. The van der Waals surface area contributed by atoms with Crippen LogP contribution in [0.1, 0.15) is 71.4 Å². The minimum Gasteiger partial charge on any atom is -0.201 e. The third-order valence-corrected chi connectivity index (χ3v) is 7.26. The van der Waals surface area contributed by atoms with E-state index in [1.165, 1.54) is 82.3 Å². The Balaban J connectivity index is 1.68. The first-order chi connectivity index (χ1) is 14.0. The smallest absolute Gasteiger partial charge is 0.201 e. The fraction of sp³-hybridized carbons (Fsp3) is 0.393. The minimum atomic E-state index is 0.737. The third-order valence-electron chi connectivity index (χ3n) is 7.26. The number of hydrogen-bond donors (Lipinski definition) is 0. The highest BCUT2D eigenvalue weighted by Crippen LogP contribution is 2.43. The van der Waals surface area contributed by atoms with Crippen molar-refractivity contribution in [1.29, 1.82) is 0 Å². The molecule has 29 heavy (non-hydrogen) atoms. The normalized spacial score (nSPS) is 16.0. The van der Waals surface area contributed by atoms with E-state index in [9.17, 15) is 0 Å². The second kappa shape index (κ2) is 7.13. The first-order valence-electron chi connectivity index (χ1n) is 11.3. The molecule has 0 atom stereocenters. The molecule has 0 radical (unpaired) electrons. The molecule has 2 aliphatic rings. The van der Waals surface area contributed by atoms with E-state index in [-0.39, 0.29) is 0 Å². The maximum absolute atomic E-state index is 2.53. The number of hydrogen-bond acceptors (Lipinski definition) is 0. The summed E-state index contributed by atoms with van der Waals surface area (Å²) in [6, 6.07) is 14.1. The molecule has 0 aliphatic heterocycles. The van der Waals surface area contributed by atoms with Crippen LogP contribution in [0.5, 0.6) is 0 Å². The van der Waals surface area contributed by atoms with Gasteiger partial charge in [-0.1, -0.05) is 55.2 Å². The van der Waals surface area contributed by atoms with E-state index in [4.69, 9.17) is 0 Å². The Labute approximate surface area is 175 Å². The fourth-order valence-electron chi connectivity index (χ4n) is 5.78. The van der Waals surface area contributed by atoms with Crippen molar-refractivity contribution in [1.82, 2.24) is 0 Å². The summed E-state index contributed by atoms with van der Waals surface area (Å²) in [5, 5.41) is 0. The molecule has 1 heterocycles. The summed E-state index contributed by atoms with van der Waals surface area (Å²) in [6.45, 7) is 6.78. The summed E-state index contributed by atoms with van der Waals surface area (Å²) in [7, 11) is 2.22. The quantitative estimate of drug-likeness (QED) is 0.339.